The molecule has 0 saturated carbocycles. The topological polar surface area (TPSA) is 116 Å². The maximum atomic E-state index is 10.4. The molecule has 0 aromatic heterocycles. The Morgan fingerprint density at radius 3 is 2.38 bits per heavy atom. The van der Waals surface area contributed by atoms with Gasteiger partial charge in [-0.3, -0.25) is 14.4 Å². The first kappa shape index (κ1) is 11.8. The number of rotatable bonds is 7. The fraction of sp³-hybridized carbons (Fsp3) is 0.667. The lowest BCUT2D eigenvalue weighted by atomic mass is 10.2. The Bertz CT molecular complexity index is 182. The molecule has 0 bridgehead atoms. The highest BCUT2D eigenvalue weighted by Gasteiger charge is 2.18. The third-order valence-corrected chi connectivity index (χ3v) is 1.24. The Labute approximate surface area is 73.9 Å². The monoisotopic (exact) mass is 193 g/mol. The molecule has 13 heavy (non-hydrogen) atoms. The quantitative estimate of drug-likeness (QED) is 0.295. The normalized spacial score (nSPS) is 12.4. The summed E-state index contributed by atoms with van der Waals surface area (Å²) < 4.78 is 0. The summed E-state index contributed by atoms with van der Waals surface area (Å²) in [4.78, 5) is 24.7. The number of hydrogen-bond acceptors (Lipinski definition) is 5. The maximum Gasteiger partial charge on any atom is 0.323 e. The van der Waals surface area contributed by atoms with Crippen LogP contribution >= 0.6 is 0 Å². The molecule has 0 aliphatic heterocycles. The minimum atomic E-state index is -1.23. The first-order valence-corrected chi connectivity index (χ1v) is 3.50. The number of carbonyl (C=O) groups is 2. The smallest absolute Gasteiger partial charge is 0.323 e. The van der Waals surface area contributed by atoms with Gasteiger partial charge in [-0.25, -0.2) is 0 Å². The summed E-state index contributed by atoms with van der Waals surface area (Å²) in [6.45, 7) is -0.670. The third kappa shape index (κ3) is 6.02. The van der Waals surface area contributed by atoms with Crippen molar-refractivity contribution in [2.75, 3.05) is 6.79 Å². The van der Waals surface area contributed by atoms with Gasteiger partial charge in [0.05, 0.1) is 0 Å². The molecule has 0 aliphatic rings. The van der Waals surface area contributed by atoms with E-state index in [9.17, 15) is 9.59 Å². The van der Waals surface area contributed by atoms with Crippen molar-refractivity contribution in [1.82, 2.24) is 5.48 Å². The summed E-state index contributed by atoms with van der Waals surface area (Å²) in [7, 11) is 0. The Morgan fingerprint density at radius 2 is 2.00 bits per heavy atom. The van der Waals surface area contributed by atoms with Gasteiger partial charge in [0.15, 0.2) is 6.79 Å². The lowest BCUT2D eigenvalue weighted by Gasteiger charge is -2.11. The van der Waals surface area contributed by atoms with Crippen LogP contribution in [0.25, 0.3) is 0 Å². The van der Waals surface area contributed by atoms with Crippen molar-refractivity contribution in [2.24, 2.45) is 0 Å². The Balaban J connectivity index is 3.80. The van der Waals surface area contributed by atoms with Gasteiger partial charge in [-0.15, -0.1) is 0 Å². The van der Waals surface area contributed by atoms with Crippen molar-refractivity contribution < 1.29 is 29.7 Å². The summed E-state index contributed by atoms with van der Waals surface area (Å²) in [6, 6.07) is -1.12. The van der Waals surface area contributed by atoms with Crippen molar-refractivity contribution in [1.29, 1.82) is 0 Å². The van der Waals surface area contributed by atoms with Crippen LogP contribution in [0.3, 0.4) is 0 Å². The standard InChI is InChI=1S/C6H11NO6/c8-3-13-7-4(6(11)12)1-2-5(9)10/h4,7-8H,1-3H2,(H,9,10)(H,11,12)/t4-/m0/s1. The Hall–Kier alpha value is -1.18. The van der Waals surface area contributed by atoms with E-state index < -0.39 is 24.8 Å². The van der Waals surface area contributed by atoms with Crippen molar-refractivity contribution in [3.05, 3.63) is 0 Å². The van der Waals surface area contributed by atoms with Gasteiger partial charge in [-0.05, 0) is 6.42 Å². The van der Waals surface area contributed by atoms with E-state index in [1.165, 1.54) is 0 Å². The summed E-state index contributed by atoms with van der Waals surface area (Å²) in [5.41, 5.74) is 2.01. The van der Waals surface area contributed by atoms with Gasteiger partial charge in [-0.2, -0.15) is 5.48 Å². The number of aliphatic hydroxyl groups is 1. The first-order chi connectivity index (χ1) is 6.07. The zero-order valence-corrected chi connectivity index (χ0v) is 6.77. The van der Waals surface area contributed by atoms with Gasteiger partial charge in [0.1, 0.15) is 6.04 Å². The summed E-state index contributed by atoms with van der Waals surface area (Å²) in [6.07, 6.45) is -0.385. The highest BCUT2D eigenvalue weighted by molar-refractivity contribution is 5.74. The zero-order valence-electron chi connectivity index (χ0n) is 6.77. The fourth-order valence-electron chi connectivity index (χ4n) is 0.638. The van der Waals surface area contributed by atoms with Gasteiger partial charge in [-0.1, -0.05) is 0 Å². The lowest BCUT2D eigenvalue weighted by molar-refractivity contribution is -0.149. The Kier molecular flexibility index (Phi) is 5.77. The van der Waals surface area contributed by atoms with Crippen LogP contribution in [0.15, 0.2) is 0 Å². The molecule has 0 amide bonds. The molecule has 0 heterocycles. The van der Waals surface area contributed by atoms with E-state index in [1.54, 1.807) is 0 Å². The molecule has 4 N–H and O–H groups in total. The predicted octanol–water partition coefficient (Wildman–Crippen LogP) is -1.22. The minimum absolute atomic E-state index is 0.106. The second-order valence-electron chi connectivity index (χ2n) is 2.21. The summed E-state index contributed by atoms with van der Waals surface area (Å²) >= 11 is 0. The van der Waals surface area contributed by atoms with Crippen LogP contribution in [0.5, 0.6) is 0 Å². The molecular weight excluding hydrogens is 182 g/mol. The number of nitrogens with one attached hydrogen (secondary N) is 1. The van der Waals surface area contributed by atoms with Crippen LogP contribution in [0.1, 0.15) is 12.8 Å². The average Bonchev–Trinajstić information content (AvgIpc) is 2.03. The van der Waals surface area contributed by atoms with Crippen molar-refractivity contribution in [2.45, 2.75) is 18.9 Å². The van der Waals surface area contributed by atoms with Crippen LogP contribution in [0.4, 0.5) is 0 Å². The number of aliphatic carboxylic acids is 2. The number of aliphatic hydroxyl groups excluding tert-OH is 1. The van der Waals surface area contributed by atoms with Gasteiger partial charge in [0, 0.05) is 6.42 Å². The van der Waals surface area contributed by atoms with E-state index in [0.29, 0.717) is 0 Å². The van der Waals surface area contributed by atoms with Crippen molar-refractivity contribution in [3.63, 3.8) is 0 Å². The van der Waals surface area contributed by atoms with E-state index in [1.807, 2.05) is 5.48 Å². The van der Waals surface area contributed by atoms with Crippen molar-refractivity contribution in [3.8, 4) is 0 Å². The van der Waals surface area contributed by atoms with Gasteiger partial charge in [0.2, 0.25) is 0 Å². The molecule has 7 heteroatoms. The maximum absolute atomic E-state index is 10.4. The van der Waals surface area contributed by atoms with Gasteiger partial charge < -0.3 is 15.3 Å². The van der Waals surface area contributed by atoms with E-state index in [-0.39, 0.29) is 12.8 Å². The third-order valence-electron chi connectivity index (χ3n) is 1.24. The SMILES string of the molecule is O=C(O)CC[C@H](NOCO)C(=O)O. The molecule has 76 valence electrons. The highest BCUT2D eigenvalue weighted by atomic mass is 16.7. The van der Waals surface area contributed by atoms with E-state index in [2.05, 4.69) is 4.84 Å². The molecule has 7 nitrogen and oxygen atoms in total. The molecule has 0 rings (SSSR count). The van der Waals surface area contributed by atoms with E-state index in [4.69, 9.17) is 15.3 Å². The summed E-state index contributed by atoms with van der Waals surface area (Å²) in [5, 5.41) is 24.9. The number of hydrogen-bond donors (Lipinski definition) is 4. The first-order valence-electron chi connectivity index (χ1n) is 3.50. The molecule has 0 radical (unpaired) electrons. The molecule has 0 aliphatic carbocycles. The fourth-order valence-corrected chi connectivity index (χ4v) is 0.638. The number of carboxylic acid groups (broad SMARTS) is 2. The van der Waals surface area contributed by atoms with Crippen LogP contribution in [-0.2, 0) is 14.4 Å². The lowest BCUT2D eigenvalue weighted by Crippen LogP contribution is -2.37. The molecule has 0 aromatic carbocycles. The molecular formula is C6H11NO6. The molecule has 1 atom stereocenters. The zero-order chi connectivity index (χ0) is 10.3. The van der Waals surface area contributed by atoms with Crippen LogP contribution in [0, 0.1) is 0 Å². The van der Waals surface area contributed by atoms with Gasteiger partial charge in [0.25, 0.3) is 0 Å². The average molecular weight is 193 g/mol. The van der Waals surface area contributed by atoms with Crippen LogP contribution < -0.4 is 5.48 Å². The number of hydroxylamine groups is 1. The van der Waals surface area contributed by atoms with E-state index in [0.717, 1.165) is 0 Å². The largest absolute Gasteiger partial charge is 0.481 e. The van der Waals surface area contributed by atoms with Crippen molar-refractivity contribution >= 4 is 11.9 Å². The molecule has 0 fully saturated rings. The van der Waals surface area contributed by atoms with E-state index >= 15 is 0 Å². The Morgan fingerprint density at radius 1 is 1.38 bits per heavy atom. The second kappa shape index (κ2) is 6.35. The molecule has 0 unspecified atom stereocenters. The predicted molar refractivity (Wildman–Crippen MR) is 39.6 cm³/mol. The molecule has 0 spiro atoms. The molecule has 0 aromatic rings. The second-order valence-corrected chi connectivity index (χ2v) is 2.21. The van der Waals surface area contributed by atoms with Gasteiger partial charge >= 0.3 is 11.9 Å². The highest BCUT2D eigenvalue weighted by Crippen LogP contribution is 1.97. The molecule has 0 saturated heterocycles. The number of carboxylic acids is 2. The van der Waals surface area contributed by atoms with Crippen LogP contribution in [-0.4, -0.2) is 40.1 Å². The summed E-state index contributed by atoms with van der Waals surface area (Å²) in [5.74, 6) is -2.31. The van der Waals surface area contributed by atoms with Crippen LogP contribution in [0.2, 0.25) is 0 Å². The minimum Gasteiger partial charge on any atom is -0.481 e.